The Balaban J connectivity index is 1.39. The Kier molecular flexibility index (Phi) is 8.09. The summed E-state index contributed by atoms with van der Waals surface area (Å²) in [6.07, 6.45) is 0. The number of para-hydroxylation sites is 1. The molecule has 0 spiro atoms. The van der Waals surface area contributed by atoms with Crippen LogP contribution in [0.25, 0.3) is 5.76 Å². The van der Waals surface area contributed by atoms with E-state index in [0.29, 0.717) is 32.7 Å². The van der Waals surface area contributed by atoms with Gasteiger partial charge in [0.25, 0.3) is 5.78 Å². The minimum atomic E-state index is -0.941. The number of ketones is 1. The van der Waals surface area contributed by atoms with Crippen molar-refractivity contribution >= 4 is 45.7 Å². The van der Waals surface area contributed by atoms with Crippen LogP contribution in [0.5, 0.6) is 11.5 Å². The van der Waals surface area contributed by atoms with Gasteiger partial charge in [0, 0.05) is 11.3 Å². The summed E-state index contributed by atoms with van der Waals surface area (Å²) >= 11 is 2.74. The van der Waals surface area contributed by atoms with E-state index in [-0.39, 0.29) is 16.5 Å². The fourth-order valence-corrected chi connectivity index (χ4v) is 6.60. The van der Waals surface area contributed by atoms with Crippen molar-refractivity contribution in [3.05, 3.63) is 137 Å². The molecule has 9 heteroatoms. The monoisotopic (exact) mass is 605 g/mol. The number of aryl methyl sites for hydroxylation is 2. The van der Waals surface area contributed by atoms with E-state index < -0.39 is 17.7 Å². The fraction of sp³-hybridized carbons (Fsp3) is 0.118. The number of aliphatic hydroxyl groups is 1. The van der Waals surface area contributed by atoms with Gasteiger partial charge in [-0.1, -0.05) is 113 Å². The minimum Gasteiger partial charge on any atom is -0.507 e. The van der Waals surface area contributed by atoms with Crippen LogP contribution in [0.3, 0.4) is 0 Å². The number of rotatable bonds is 8. The van der Waals surface area contributed by atoms with E-state index in [0.717, 1.165) is 11.1 Å². The van der Waals surface area contributed by atoms with Crippen LogP contribution in [0.15, 0.2) is 113 Å². The molecule has 1 aromatic heterocycles. The largest absolute Gasteiger partial charge is 0.507 e. The second-order valence-corrected chi connectivity index (χ2v) is 12.3. The van der Waals surface area contributed by atoms with Gasteiger partial charge in [0.05, 0.1) is 11.6 Å². The van der Waals surface area contributed by atoms with Crippen LogP contribution in [0, 0.1) is 13.8 Å². The van der Waals surface area contributed by atoms with E-state index in [1.807, 2.05) is 56.3 Å². The molecule has 6 rings (SSSR count). The molecule has 0 bridgehead atoms. The molecular weight excluding hydrogens is 579 g/mol. The van der Waals surface area contributed by atoms with Gasteiger partial charge in [0.2, 0.25) is 5.13 Å². The normalized spacial score (nSPS) is 16.0. The Morgan fingerprint density at radius 1 is 0.860 bits per heavy atom. The maximum atomic E-state index is 13.6. The summed E-state index contributed by atoms with van der Waals surface area (Å²) in [6, 6.07) is 31.0. The summed E-state index contributed by atoms with van der Waals surface area (Å²) in [7, 11) is 0. The number of hydrogen-bond acceptors (Lipinski definition) is 8. The SMILES string of the molecule is Cc1ccc(CSc2nnc(N3C(=O)C(=O)/C(=C(\O)c4ccc(C)cc4)C3c3cccc(Oc4ccccc4)c3)s2)cc1. The van der Waals surface area contributed by atoms with Crippen LogP contribution in [0.1, 0.15) is 33.9 Å². The summed E-state index contributed by atoms with van der Waals surface area (Å²) in [6.45, 7) is 3.98. The van der Waals surface area contributed by atoms with Gasteiger partial charge in [0.1, 0.15) is 17.3 Å². The highest BCUT2D eigenvalue weighted by Crippen LogP contribution is 2.44. The van der Waals surface area contributed by atoms with Gasteiger partial charge in [-0.25, -0.2) is 0 Å². The molecule has 1 N–H and O–H groups in total. The molecule has 0 radical (unpaired) electrons. The summed E-state index contributed by atoms with van der Waals surface area (Å²) < 4.78 is 6.72. The predicted octanol–water partition coefficient (Wildman–Crippen LogP) is 7.87. The molecule has 1 aliphatic heterocycles. The molecule has 1 saturated heterocycles. The minimum absolute atomic E-state index is 0.0187. The van der Waals surface area contributed by atoms with Gasteiger partial charge in [-0.3, -0.25) is 14.5 Å². The number of benzene rings is 4. The van der Waals surface area contributed by atoms with Crippen LogP contribution in [0.4, 0.5) is 5.13 Å². The fourth-order valence-electron chi connectivity index (χ4n) is 4.77. The molecule has 5 aromatic rings. The van der Waals surface area contributed by atoms with E-state index in [2.05, 4.69) is 34.5 Å². The average Bonchev–Trinajstić information content (AvgIpc) is 3.59. The number of thioether (sulfide) groups is 1. The van der Waals surface area contributed by atoms with Crippen LogP contribution in [0.2, 0.25) is 0 Å². The predicted molar refractivity (Wildman–Crippen MR) is 170 cm³/mol. The van der Waals surface area contributed by atoms with Crippen molar-refractivity contribution < 1.29 is 19.4 Å². The highest BCUT2D eigenvalue weighted by Gasteiger charge is 2.48. The van der Waals surface area contributed by atoms with Crippen molar-refractivity contribution in [2.75, 3.05) is 4.90 Å². The smallest absolute Gasteiger partial charge is 0.301 e. The second-order valence-electron chi connectivity index (χ2n) is 10.1. The summed E-state index contributed by atoms with van der Waals surface area (Å²) in [4.78, 5) is 28.5. The summed E-state index contributed by atoms with van der Waals surface area (Å²) in [5, 5.41) is 20.4. The van der Waals surface area contributed by atoms with E-state index >= 15 is 0 Å². The van der Waals surface area contributed by atoms with Gasteiger partial charge in [0.15, 0.2) is 4.34 Å². The number of nitrogens with zero attached hydrogens (tertiary/aromatic N) is 3. The van der Waals surface area contributed by atoms with Crippen molar-refractivity contribution in [3.63, 3.8) is 0 Å². The van der Waals surface area contributed by atoms with Crippen molar-refractivity contribution in [1.29, 1.82) is 0 Å². The molecule has 1 atom stereocenters. The highest BCUT2D eigenvalue weighted by atomic mass is 32.2. The number of carbonyl (C=O) groups is 2. The topological polar surface area (TPSA) is 92.6 Å². The third kappa shape index (κ3) is 6.09. The Bertz CT molecular complexity index is 1820. The summed E-state index contributed by atoms with van der Waals surface area (Å²) in [5.41, 5.74) is 4.34. The number of amides is 1. The first-order valence-corrected chi connectivity index (χ1v) is 15.4. The molecule has 214 valence electrons. The van der Waals surface area contributed by atoms with Gasteiger partial charge < -0.3 is 9.84 Å². The van der Waals surface area contributed by atoms with E-state index in [9.17, 15) is 14.7 Å². The molecule has 0 aliphatic carbocycles. The molecule has 43 heavy (non-hydrogen) atoms. The molecule has 4 aromatic carbocycles. The maximum absolute atomic E-state index is 13.6. The Morgan fingerprint density at radius 2 is 1.53 bits per heavy atom. The maximum Gasteiger partial charge on any atom is 0.301 e. The van der Waals surface area contributed by atoms with Crippen LogP contribution in [-0.4, -0.2) is 27.0 Å². The molecule has 2 heterocycles. The standard InChI is InChI=1S/C34H27N3O4S2/c1-21-11-15-23(16-12-21)20-42-34-36-35-33(43-34)37-29(25-7-6-10-27(19-25)41-26-8-4-3-5-9-26)28(31(39)32(37)40)30(38)24-17-13-22(2)14-18-24/h3-19,29,38H,20H2,1-2H3/b30-28-. The van der Waals surface area contributed by atoms with Crippen molar-refractivity contribution in [1.82, 2.24) is 10.2 Å². The van der Waals surface area contributed by atoms with Crippen LogP contribution in [-0.2, 0) is 15.3 Å². The molecule has 1 aliphatic rings. The molecule has 1 unspecified atom stereocenters. The number of hydrogen-bond donors (Lipinski definition) is 1. The Labute approximate surface area is 257 Å². The molecule has 1 fully saturated rings. The lowest BCUT2D eigenvalue weighted by atomic mass is 9.95. The zero-order valence-corrected chi connectivity index (χ0v) is 25.1. The van der Waals surface area contributed by atoms with Crippen molar-refractivity contribution in [3.8, 4) is 11.5 Å². The molecule has 1 amide bonds. The van der Waals surface area contributed by atoms with E-state index in [1.54, 1.807) is 36.4 Å². The quantitative estimate of drug-likeness (QED) is 0.0633. The third-order valence-corrected chi connectivity index (χ3v) is 9.13. The Morgan fingerprint density at radius 3 is 2.26 bits per heavy atom. The van der Waals surface area contributed by atoms with E-state index in [1.165, 1.54) is 33.6 Å². The van der Waals surface area contributed by atoms with Gasteiger partial charge in [-0.15, -0.1) is 10.2 Å². The number of anilines is 1. The molecule has 7 nitrogen and oxygen atoms in total. The second kappa shape index (κ2) is 12.2. The van der Waals surface area contributed by atoms with Gasteiger partial charge >= 0.3 is 5.91 Å². The van der Waals surface area contributed by atoms with E-state index in [4.69, 9.17) is 4.74 Å². The zero-order chi connectivity index (χ0) is 29.9. The van der Waals surface area contributed by atoms with Gasteiger partial charge in [-0.2, -0.15) is 0 Å². The molecule has 0 saturated carbocycles. The van der Waals surface area contributed by atoms with Crippen molar-refractivity contribution in [2.24, 2.45) is 0 Å². The van der Waals surface area contributed by atoms with Crippen molar-refractivity contribution in [2.45, 2.75) is 30.0 Å². The number of carbonyl (C=O) groups excluding carboxylic acids is 2. The summed E-state index contributed by atoms with van der Waals surface area (Å²) in [5.74, 6) is 0.0344. The van der Waals surface area contributed by atoms with Crippen LogP contribution < -0.4 is 9.64 Å². The number of ether oxygens (including phenoxy) is 1. The Hall–Kier alpha value is -4.73. The lowest BCUT2D eigenvalue weighted by molar-refractivity contribution is -0.132. The number of Topliss-reactive ketones (excluding diaryl/α,β-unsaturated/α-hetero) is 1. The van der Waals surface area contributed by atoms with Gasteiger partial charge in [-0.05, 0) is 49.2 Å². The van der Waals surface area contributed by atoms with Crippen LogP contribution >= 0.6 is 23.1 Å². The number of aliphatic hydroxyl groups excluding tert-OH is 1. The first-order chi connectivity index (χ1) is 20.9. The highest BCUT2D eigenvalue weighted by molar-refractivity contribution is 8.00. The third-order valence-electron chi connectivity index (χ3n) is 7.01. The zero-order valence-electron chi connectivity index (χ0n) is 23.4. The number of aromatic nitrogens is 2. The molecular formula is C34H27N3O4S2. The average molecular weight is 606 g/mol. The first-order valence-electron chi connectivity index (χ1n) is 13.6. The lowest BCUT2D eigenvalue weighted by Gasteiger charge is -2.23. The first kappa shape index (κ1) is 28.4. The lowest BCUT2D eigenvalue weighted by Crippen LogP contribution is -2.29.